The number of hydrogen-bond donors (Lipinski definition) is 0. The summed E-state index contributed by atoms with van der Waals surface area (Å²) in [4.78, 5) is 16.2. The summed E-state index contributed by atoms with van der Waals surface area (Å²) in [6.07, 6.45) is 3.56. The molecular weight excluding hydrogens is 310 g/mol. The number of hydrogen-bond acceptors (Lipinski definition) is 7. The zero-order valence-electron chi connectivity index (χ0n) is 12.1. The molecule has 0 saturated carbocycles. The van der Waals surface area contributed by atoms with Crippen molar-refractivity contribution in [3.8, 4) is 17.2 Å². The van der Waals surface area contributed by atoms with Crippen molar-refractivity contribution >= 4 is 39.1 Å². The number of thioether (sulfide) groups is 2. The van der Waals surface area contributed by atoms with Crippen LogP contribution in [0.5, 0.6) is 17.2 Å². The molecule has 0 atom stereocenters. The minimum atomic E-state index is -0.0840. The summed E-state index contributed by atoms with van der Waals surface area (Å²) in [6.45, 7) is 0. The lowest BCUT2D eigenvalue weighted by molar-refractivity contribution is -0.107. The van der Waals surface area contributed by atoms with Crippen LogP contribution < -0.4 is 14.2 Å². The summed E-state index contributed by atoms with van der Waals surface area (Å²) in [7, 11) is 4.68. The van der Waals surface area contributed by atoms with Gasteiger partial charge in [0.1, 0.15) is 27.3 Å². The highest BCUT2D eigenvalue weighted by Gasteiger charge is 2.23. The zero-order chi connectivity index (χ0) is 15.4. The third-order valence-corrected chi connectivity index (χ3v) is 4.66. The van der Waals surface area contributed by atoms with Crippen LogP contribution in [-0.2, 0) is 4.79 Å². The van der Waals surface area contributed by atoms with Crippen molar-refractivity contribution in [3.05, 3.63) is 23.4 Å². The van der Waals surface area contributed by atoms with E-state index in [1.54, 1.807) is 39.5 Å². The van der Waals surface area contributed by atoms with Gasteiger partial charge in [-0.15, -0.1) is 11.8 Å². The van der Waals surface area contributed by atoms with Crippen molar-refractivity contribution in [2.45, 2.75) is 0 Å². The van der Waals surface area contributed by atoms with Crippen LogP contribution in [0.25, 0.3) is 6.08 Å². The number of carbonyl (C=O) groups excluding carboxylic acids is 1. The Morgan fingerprint density at radius 2 is 1.76 bits per heavy atom. The molecule has 21 heavy (non-hydrogen) atoms. The highest BCUT2D eigenvalue weighted by molar-refractivity contribution is 8.45. The van der Waals surface area contributed by atoms with Gasteiger partial charge in [-0.1, -0.05) is 0 Å². The zero-order valence-corrected chi connectivity index (χ0v) is 13.8. The maximum Gasteiger partial charge on any atom is 0.244 e. The number of aliphatic imine (C=N–C) groups is 1. The Hall–Kier alpha value is -1.60. The first-order valence-electron chi connectivity index (χ1n) is 5.99. The van der Waals surface area contributed by atoms with Gasteiger partial charge in [0.2, 0.25) is 5.12 Å². The standard InChI is InChI=1S/C14H15NO4S2/c1-17-8-5-11(18-2)9(12(6-8)19-3)7-10-13(16)21-14(15-10)20-4/h5-7H,1-4H3/b10-7-. The van der Waals surface area contributed by atoms with Crippen molar-refractivity contribution in [3.63, 3.8) is 0 Å². The fourth-order valence-corrected chi connectivity index (χ4v) is 3.05. The number of rotatable bonds is 4. The molecule has 0 spiro atoms. The SMILES string of the molecule is COc1cc(OC)c(/C=C2\N=C(SC)SC2=O)c(OC)c1. The molecule has 1 aromatic rings. The average molecular weight is 325 g/mol. The summed E-state index contributed by atoms with van der Waals surface area (Å²) in [5, 5.41) is -0.0840. The van der Waals surface area contributed by atoms with Crippen LogP contribution in [0.2, 0.25) is 0 Å². The molecule has 1 heterocycles. The Kier molecular flexibility index (Phi) is 5.19. The quantitative estimate of drug-likeness (QED) is 0.793. The Labute approximate surface area is 131 Å². The van der Waals surface area contributed by atoms with Crippen LogP contribution in [0.15, 0.2) is 22.8 Å². The fraction of sp³-hybridized carbons (Fsp3) is 0.286. The molecule has 0 radical (unpaired) electrons. The van der Waals surface area contributed by atoms with Gasteiger partial charge in [0.15, 0.2) is 0 Å². The Morgan fingerprint density at radius 3 is 2.19 bits per heavy atom. The molecule has 2 rings (SSSR count). The fourth-order valence-electron chi connectivity index (χ4n) is 1.79. The van der Waals surface area contributed by atoms with Crippen molar-refractivity contribution in [1.82, 2.24) is 0 Å². The van der Waals surface area contributed by atoms with Gasteiger partial charge in [-0.3, -0.25) is 4.79 Å². The lowest BCUT2D eigenvalue weighted by Gasteiger charge is -2.12. The van der Waals surface area contributed by atoms with E-state index < -0.39 is 0 Å². The van der Waals surface area contributed by atoms with Gasteiger partial charge in [-0.25, -0.2) is 4.99 Å². The third kappa shape index (κ3) is 3.36. The van der Waals surface area contributed by atoms with E-state index in [9.17, 15) is 4.79 Å². The summed E-state index contributed by atoms with van der Waals surface area (Å²) in [5.41, 5.74) is 1.04. The van der Waals surface area contributed by atoms with E-state index in [0.29, 0.717) is 28.5 Å². The average Bonchev–Trinajstić information content (AvgIpc) is 2.87. The van der Waals surface area contributed by atoms with Crippen molar-refractivity contribution in [1.29, 1.82) is 0 Å². The largest absolute Gasteiger partial charge is 0.496 e. The molecule has 112 valence electrons. The summed E-state index contributed by atoms with van der Waals surface area (Å²) in [6, 6.07) is 3.47. The lowest BCUT2D eigenvalue weighted by atomic mass is 10.1. The topological polar surface area (TPSA) is 57.1 Å². The molecule has 0 N–H and O–H groups in total. The minimum Gasteiger partial charge on any atom is -0.496 e. The van der Waals surface area contributed by atoms with E-state index in [-0.39, 0.29) is 5.12 Å². The third-order valence-electron chi connectivity index (χ3n) is 2.81. The lowest BCUT2D eigenvalue weighted by Crippen LogP contribution is -1.96. The molecule has 5 nitrogen and oxygen atoms in total. The first-order valence-corrected chi connectivity index (χ1v) is 8.03. The van der Waals surface area contributed by atoms with Gasteiger partial charge in [0.25, 0.3) is 0 Å². The molecule has 1 aliphatic rings. The van der Waals surface area contributed by atoms with E-state index in [1.807, 2.05) is 6.26 Å². The number of carbonyl (C=O) groups is 1. The van der Waals surface area contributed by atoms with Crippen molar-refractivity contribution < 1.29 is 19.0 Å². The smallest absolute Gasteiger partial charge is 0.244 e. The van der Waals surface area contributed by atoms with Gasteiger partial charge in [-0.05, 0) is 24.1 Å². The van der Waals surface area contributed by atoms with Crippen molar-refractivity contribution in [2.75, 3.05) is 27.6 Å². The highest BCUT2D eigenvalue weighted by Crippen LogP contribution is 2.38. The van der Waals surface area contributed by atoms with Gasteiger partial charge >= 0.3 is 0 Å². The molecule has 1 aliphatic heterocycles. The van der Waals surface area contributed by atoms with Crippen LogP contribution in [0.1, 0.15) is 5.56 Å². The van der Waals surface area contributed by atoms with Crippen LogP contribution in [0.3, 0.4) is 0 Å². The number of nitrogens with zero attached hydrogens (tertiary/aromatic N) is 1. The molecule has 7 heteroatoms. The first-order chi connectivity index (χ1) is 10.1. The van der Waals surface area contributed by atoms with E-state index in [2.05, 4.69) is 4.99 Å². The van der Waals surface area contributed by atoms with E-state index in [4.69, 9.17) is 14.2 Å². The molecule has 0 unspecified atom stereocenters. The van der Waals surface area contributed by atoms with Gasteiger partial charge < -0.3 is 14.2 Å². The predicted octanol–water partition coefficient (Wildman–Crippen LogP) is 3.05. The second-order valence-electron chi connectivity index (χ2n) is 3.95. The second-order valence-corrected chi connectivity index (χ2v) is 5.96. The number of ether oxygens (including phenoxy) is 3. The maximum absolute atomic E-state index is 11.9. The Bertz CT molecular complexity index is 600. The molecule has 0 fully saturated rings. The van der Waals surface area contributed by atoms with E-state index in [1.165, 1.54) is 11.8 Å². The Balaban J connectivity index is 2.53. The molecule has 0 aliphatic carbocycles. The minimum absolute atomic E-state index is 0.0840. The predicted molar refractivity (Wildman–Crippen MR) is 87.6 cm³/mol. The molecule has 0 bridgehead atoms. The summed E-state index contributed by atoms with van der Waals surface area (Å²) >= 11 is 2.57. The van der Waals surface area contributed by atoms with Gasteiger partial charge in [-0.2, -0.15) is 0 Å². The van der Waals surface area contributed by atoms with E-state index >= 15 is 0 Å². The molecule has 0 aromatic heterocycles. The summed E-state index contributed by atoms with van der Waals surface area (Å²) in [5.74, 6) is 1.74. The summed E-state index contributed by atoms with van der Waals surface area (Å²) < 4.78 is 16.6. The number of benzene rings is 1. The monoisotopic (exact) mass is 325 g/mol. The van der Waals surface area contributed by atoms with Gasteiger partial charge in [0, 0.05) is 12.1 Å². The molecule has 0 saturated heterocycles. The molecule has 0 amide bonds. The molecule has 1 aromatic carbocycles. The van der Waals surface area contributed by atoms with Crippen molar-refractivity contribution in [2.24, 2.45) is 4.99 Å². The Morgan fingerprint density at radius 1 is 1.14 bits per heavy atom. The van der Waals surface area contributed by atoms with Gasteiger partial charge in [0.05, 0.1) is 26.9 Å². The molecular formula is C14H15NO4S2. The maximum atomic E-state index is 11.9. The normalized spacial score (nSPS) is 16.1. The second kappa shape index (κ2) is 6.91. The van der Waals surface area contributed by atoms with Crippen LogP contribution in [0.4, 0.5) is 0 Å². The van der Waals surface area contributed by atoms with Crippen LogP contribution >= 0.6 is 23.5 Å². The van der Waals surface area contributed by atoms with E-state index in [0.717, 1.165) is 16.1 Å². The number of methoxy groups -OCH3 is 3. The van der Waals surface area contributed by atoms with Crippen LogP contribution in [0, 0.1) is 0 Å². The highest BCUT2D eigenvalue weighted by atomic mass is 32.2. The van der Waals surface area contributed by atoms with Crippen LogP contribution in [-0.4, -0.2) is 37.1 Å². The first kappa shape index (κ1) is 15.8.